The molecule has 0 N–H and O–H groups in total. The number of hydrogen-bond donors (Lipinski definition) is 0. The summed E-state index contributed by atoms with van der Waals surface area (Å²) in [5.41, 5.74) is 0.000671. The molecule has 18 heavy (non-hydrogen) atoms. The average Bonchev–Trinajstić information content (AvgIpc) is 2.12. The van der Waals surface area contributed by atoms with Gasteiger partial charge in [-0.15, -0.1) is 11.8 Å². The smallest absolute Gasteiger partial charge is 0.224 e. The maximum atomic E-state index is 13.7. The van der Waals surface area contributed by atoms with Crippen LogP contribution in [0.15, 0.2) is 21.9 Å². The Hall–Kier alpha value is -0.310. The Morgan fingerprint density at radius 1 is 1.28 bits per heavy atom. The lowest BCUT2D eigenvalue weighted by Gasteiger charge is -2.09. The van der Waals surface area contributed by atoms with Gasteiger partial charge < -0.3 is 0 Å². The summed E-state index contributed by atoms with van der Waals surface area (Å²) in [5.74, 6) is -1.40. The first-order valence-corrected chi connectivity index (χ1v) is 10.1. The lowest BCUT2D eigenvalue weighted by Crippen LogP contribution is -2.04. The number of halogens is 2. The van der Waals surface area contributed by atoms with Crippen LogP contribution in [0.3, 0.4) is 0 Å². The molecule has 0 spiro atoms. The van der Waals surface area contributed by atoms with E-state index in [9.17, 15) is 21.2 Å². The van der Waals surface area contributed by atoms with Gasteiger partial charge in [-0.1, -0.05) is 0 Å². The Balaban J connectivity index is 3.50. The molecule has 0 aliphatic carbocycles. The largest absolute Gasteiger partial charge is 0.236 e. The number of benzene rings is 1. The molecular weight excluding hydrogens is 323 g/mol. The van der Waals surface area contributed by atoms with Crippen molar-refractivity contribution < 1.29 is 21.2 Å². The Labute approximate surface area is 114 Å². The highest BCUT2D eigenvalue weighted by atomic mass is 35.7. The highest BCUT2D eigenvalue weighted by Crippen LogP contribution is 2.30. The molecule has 0 aliphatic rings. The Bertz CT molecular complexity index is 667. The topological polar surface area (TPSA) is 68.3 Å². The van der Waals surface area contributed by atoms with Crippen molar-refractivity contribution in [1.29, 1.82) is 0 Å². The Morgan fingerprint density at radius 2 is 1.83 bits per heavy atom. The first-order chi connectivity index (χ1) is 8.04. The van der Waals surface area contributed by atoms with Crippen molar-refractivity contribution in [3.05, 3.63) is 23.5 Å². The van der Waals surface area contributed by atoms with Gasteiger partial charge in [-0.25, -0.2) is 21.2 Å². The molecule has 4 nitrogen and oxygen atoms in total. The van der Waals surface area contributed by atoms with Crippen LogP contribution in [-0.2, 0) is 24.6 Å². The molecule has 0 atom stereocenters. The maximum Gasteiger partial charge on any atom is 0.236 e. The minimum atomic E-state index is -3.87. The van der Waals surface area contributed by atoms with Gasteiger partial charge in [0.2, 0.25) is 9.05 Å². The molecule has 0 saturated carbocycles. The van der Waals surface area contributed by atoms with Crippen LogP contribution in [0.5, 0.6) is 0 Å². The van der Waals surface area contributed by atoms with Crippen molar-refractivity contribution in [3.8, 4) is 0 Å². The van der Waals surface area contributed by atoms with Gasteiger partial charge in [0.1, 0.15) is 5.82 Å². The molecule has 0 heterocycles. The van der Waals surface area contributed by atoms with Crippen molar-refractivity contribution in [2.45, 2.75) is 15.5 Å². The molecule has 1 rings (SSSR count). The first-order valence-electron chi connectivity index (χ1n) is 4.53. The molecule has 0 aromatic heterocycles. The van der Waals surface area contributed by atoms with E-state index in [1.54, 1.807) is 0 Å². The van der Waals surface area contributed by atoms with Crippen LogP contribution in [0.4, 0.5) is 4.39 Å². The molecule has 0 aliphatic heterocycles. The summed E-state index contributed by atoms with van der Waals surface area (Å²) in [6.45, 7) is 0. The van der Waals surface area contributed by atoms with Crippen molar-refractivity contribution in [3.63, 3.8) is 0 Å². The van der Waals surface area contributed by atoms with Crippen LogP contribution in [0.2, 0.25) is 0 Å². The van der Waals surface area contributed by atoms with Gasteiger partial charge in [0.15, 0.2) is 9.84 Å². The first kappa shape index (κ1) is 15.7. The van der Waals surface area contributed by atoms with Gasteiger partial charge in [-0.05, 0) is 24.0 Å². The number of rotatable bonds is 4. The molecular formula is C9H10ClFO4S3. The minimum Gasteiger partial charge on any atom is -0.224 e. The average molecular weight is 333 g/mol. The van der Waals surface area contributed by atoms with Gasteiger partial charge in [0.25, 0.3) is 0 Å². The molecule has 1 aromatic carbocycles. The summed E-state index contributed by atoms with van der Waals surface area (Å²) in [4.78, 5) is -0.265. The highest BCUT2D eigenvalue weighted by Gasteiger charge is 2.20. The SMILES string of the molecule is CSc1c(F)cc(CS(=O)(=O)Cl)cc1S(C)(=O)=O. The van der Waals surface area contributed by atoms with Crippen molar-refractivity contribution >= 4 is 41.3 Å². The van der Waals surface area contributed by atoms with E-state index in [0.717, 1.165) is 30.2 Å². The van der Waals surface area contributed by atoms with Crippen molar-refractivity contribution in [2.75, 3.05) is 12.5 Å². The fraction of sp³-hybridized carbons (Fsp3) is 0.333. The molecule has 0 saturated heterocycles. The van der Waals surface area contributed by atoms with Crippen LogP contribution in [-0.4, -0.2) is 29.3 Å². The van der Waals surface area contributed by atoms with Crippen LogP contribution < -0.4 is 0 Å². The Morgan fingerprint density at radius 3 is 2.22 bits per heavy atom. The third-order valence-electron chi connectivity index (χ3n) is 2.01. The third-order valence-corrected chi connectivity index (χ3v) is 5.09. The van der Waals surface area contributed by atoms with E-state index >= 15 is 0 Å². The fourth-order valence-electron chi connectivity index (χ4n) is 1.38. The van der Waals surface area contributed by atoms with Gasteiger partial charge in [0.05, 0.1) is 15.5 Å². The molecule has 0 bridgehead atoms. The van der Waals surface area contributed by atoms with E-state index in [1.807, 2.05) is 0 Å². The summed E-state index contributed by atoms with van der Waals surface area (Å²) >= 11 is 0.939. The molecule has 0 fully saturated rings. The van der Waals surface area contributed by atoms with E-state index in [4.69, 9.17) is 10.7 Å². The second-order valence-corrected chi connectivity index (χ2v) is 9.14. The lowest BCUT2D eigenvalue weighted by atomic mass is 10.2. The zero-order valence-corrected chi connectivity index (χ0v) is 12.7. The van der Waals surface area contributed by atoms with Gasteiger partial charge in [-0.3, -0.25) is 0 Å². The number of thioether (sulfide) groups is 1. The second kappa shape index (κ2) is 5.36. The quantitative estimate of drug-likeness (QED) is 0.623. The number of hydrogen-bond acceptors (Lipinski definition) is 5. The van der Waals surface area contributed by atoms with Crippen molar-refractivity contribution in [2.24, 2.45) is 0 Å². The van der Waals surface area contributed by atoms with Gasteiger partial charge >= 0.3 is 0 Å². The van der Waals surface area contributed by atoms with Crippen LogP contribution >= 0.6 is 22.4 Å². The molecule has 9 heteroatoms. The zero-order valence-electron chi connectivity index (χ0n) is 9.48. The van der Waals surface area contributed by atoms with E-state index < -0.39 is 30.5 Å². The number of sulfone groups is 1. The third kappa shape index (κ3) is 4.11. The monoisotopic (exact) mass is 332 g/mol. The summed E-state index contributed by atoms with van der Waals surface area (Å²) < 4.78 is 58.6. The Kier molecular flexibility index (Phi) is 4.69. The summed E-state index contributed by atoms with van der Waals surface area (Å²) in [5, 5.41) is 0. The molecule has 0 radical (unpaired) electrons. The molecule has 102 valence electrons. The van der Waals surface area contributed by atoms with E-state index in [-0.39, 0.29) is 15.4 Å². The van der Waals surface area contributed by atoms with E-state index in [2.05, 4.69) is 0 Å². The lowest BCUT2D eigenvalue weighted by molar-refractivity contribution is 0.575. The van der Waals surface area contributed by atoms with E-state index in [0.29, 0.717) is 0 Å². The fourth-order valence-corrected chi connectivity index (χ4v) is 4.34. The van der Waals surface area contributed by atoms with Gasteiger partial charge in [0, 0.05) is 16.9 Å². The minimum absolute atomic E-state index is 0.000671. The summed E-state index contributed by atoms with van der Waals surface area (Å²) in [6, 6.07) is 2.10. The predicted octanol–water partition coefficient (Wildman–Crippen LogP) is 2.02. The normalized spacial score (nSPS) is 12.7. The molecule has 0 unspecified atom stereocenters. The maximum absolute atomic E-state index is 13.7. The zero-order chi connectivity index (χ0) is 14.1. The highest BCUT2D eigenvalue weighted by molar-refractivity contribution is 8.13. The van der Waals surface area contributed by atoms with Crippen LogP contribution in [0.25, 0.3) is 0 Å². The van der Waals surface area contributed by atoms with E-state index in [1.165, 1.54) is 6.26 Å². The van der Waals surface area contributed by atoms with Crippen LogP contribution in [0.1, 0.15) is 5.56 Å². The van der Waals surface area contributed by atoms with Crippen LogP contribution in [0, 0.1) is 5.82 Å². The standard InChI is InChI=1S/C9H10ClFO4S3/c1-16-9-7(11)3-6(5-18(10,14)15)4-8(9)17(2,12)13/h3-4H,5H2,1-2H3. The van der Waals surface area contributed by atoms with Crippen molar-refractivity contribution in [1.82, 2.24) is 0 Å². The molecule has 1 aromatic rings. The molecule has 0 amide bonds. The summed E-state index contributed by atoms with van der Waals surface area (Å²) in [6.07, 6.45) is 2.46. The second-order valence-electron chi connectivity index (χ2n) is 3.56. The summed E-state index contributed by atoms with van der Waals surface area (Å²) in [7, 11) is -2.46. The predicted molar refractivity (Wildman–Crippen MR) is 69.8 cm³/mol. The van der Waals surface area contributed by atoms with Gasteiger partial charge in [-0.2, -0.15) is 0 Å².